The maximum atomic E-state index is 12.9. The number of hydrogen-bond donors (Lipinski definition) is 3. The molecule has 38 heavy (non-hydrogen) atoms. The summed E-state index contributed by atoms with van der Waals surface area (Å²) in [6.45, 7) is 0. The van der Waals surface area contributed by atoms with E-state index < -0.39 is 6.04 Å². The van der Waals surface area contributed by atoms with Crippen molar-refractivity contribution in [3.05, 3.63) is 66.4 Å². The highest BCUT2D eigenvalue weighted by Gasteiger charge is 2.20. The van der Waals surface area contributed by atoms with E-state index in [2.05, 4.69) is 9.69 Å². The number of rotatable bonds is 10. The maximum Gasteiger partial charge on any atom is 0.241 e. The van der Waals surface area contributed by atoms with E-state index in [0.29, 0.717) is 35.1 Å². The number of ether oxygens (including phenoxy) is 4. The second kappa shape index (κ2) is 11.8. The lowest BCUT2D eigenvalue weighted by atomic mass is 10.0. The number of aromatic hydroxyl groups is 1. The van der Waals surface area contributed by atoms with Gasteiger partial charge in [-0.25, -0.2) is 0 Å². The zero-order valence-electron chi connectivity index (χ0n) is 21.5. The molecule has 1 aromatic heterocycles. The lowest BCUT2D eigenvalue weighted by Crippen LogP contribution is -2.37. The van der Waals surface area contributed by atoms with Crippen molar-refractivity contribution >= 4 is 23.1 Å². The first-order chi connectivity index (χ1) is 18.4. The van der Waals surface area contributed by atoms with Gasteiger partial charge in [-0.15, -0.1) is 0 Å². The van der Waals surface area contributed by atoms with Crippen molar-refractivity contribution in [3.8, 4) is 50.3 Å². The summed E-state index contributed by atoms with van der Waals surface area (Å²) in [6, 6.07) is 15.0. The van der Waals surface area contributed by atoms with Crippen molar-refractivity contribution in [2.75, 3.05) is 33.8 Å². The van der Waals surface area contributed by atoms with Crippen LogP contribution in [-0.2, 0) is 11.2 Å². The van der Waals surface area contributed by atoms with Crippen LogP contribution in [0.2, 0.25) is 0 Å². The Kier molecular flexibility index (Phi) is 8.35. The summed E-state index contributed by atoms with van der Waals surface area (Å²) < 4.78 is 26.4. The van der Waals surface area contributed by atoms with Gasteiger partial charge in [-0.05, 0) is 65.5 Å². The molecule has 0 unspecified atom stereocenters. The lowest BCUT2D eigenvalue weighted by molar-refractivity contribution is -0.117. The number of phenolic OH excluding ortho intramolecular Hbond substituents is 1. The van der Waals surface area contributed by atoms with Crippen LogP contribution >= 0.6 is 11.5 Å². The van der Waals surface area contributed by atoms with E-state index in [-0.39, 0.29) is 11.7 Å². The van der Waals surface area contributed by atoms with Crippen molar-refractivity contribution in [1.29, 1.82) is 0 Å². The van der Waals surface area contributed by atoms with Crippen molar-refractivity contribution < 1.29 is 28.8 Å². The number of phenols is 1. The summed E-state index contributed by atoms with van der Waals surface area (Å²) in [6.07, 6.45) is 2.08. The van der Waals surface area contributed by atoms with Crippen LogP contribution in [0, 0.1) is 0 Å². The Hall–Kier alpha value is -4.28. The molecule has 9 nitrogen and oxygen atoms in total. The molecule has 10 heteroatoms. The molecule has 3 aromatic carbocycles. The number of methoxy groups -OCH3 is 4. The van der Waals surface area contributed by atoms with Gasteiger partial charge in [-0.2, -0.15) is 4.37 Å². The molecule has 1 atom stereocenters. The summed E-state index contributed by atoms with van der Waals surface area (Å²) >= 11 is 1.33. The molecule has 0 radical (unpaired) electrons. The first-order valence-electron chi connectivity index (χ1n) is 11.7. The van der Waals surface area contributed by atoms with Crippen molar-refractivity contribution in [1.82, 2.24) is 4.37 Å². The Morgan fingerprint density at radius 2 is 1.58 bits per heavy atom. The molecule has 0 aliphatic carbocycles. The van der Waals surface area contributed by atoms with Crippen LogP contribution in [0.1, 0.15) is 5.56 Å². The van der Waals surface area contributed by atoms with Crippen molar-refractivity contribution in [2.45, 2.75) is 12.5 Å². The standard InChI is InChI=1S/C28H29N3O6S/c1-34-23-10-7-17(12-22(23)31-28(33)21(29)11-16-5-8-19(32)9-6-16)20-15-30-38-27(20)18-13-24(35-2)26(37-4)25(14-18)36-3/h5-10,12-15,21,32H,11,29H2,1-4H3,(H,31,33)/t21-/m1/s1. The Morgan fingerprint density at radius 1 is 0.921 bits per heavy atom. The maximum absolute atomic E-state index is 12.9. The zero-order chi connectivity index (χ0) is 27.2. The largest absolute Gasteiger partial charge is 0.508 e. The number of nitrogens with two attached hydrogens (primary N) is 1. The van der Waals surface area contributed by atoms with Crippen LogP contribution in [0.3, 0.4) is 0 Å². The number of carbonyl (C=O) groups excluding carboxylic acids is 1. The summed E-state index contributed by atoms with van der Waals surface area (Å²) in [5.74, 6) is 1.86. The molecule has 0 bridgehead atoms. The Morgan fingerprint density at radius 3 is 2.18 bits per heavy atom. The minimum Gasteiger partial charge on any atom is -0.508 e. The van der Waals surface area contributed by atoms with E-state index in [1.54, 1.807) is 57.9 Å². The molecule has 0 spiro atoms. The third-order valence-electron chi connectivity index (χ3n) is 5.99. The second-order valence-corrected chi connectivity index (χ2v) is 9.17. The number of anilines is 1. The first kappa shape index (κ1) is 26.8. The van der Waals surface area contributed by atoms with Gasteiger partial charge < -0.3 is 35.1 Å². The fraction of sp³-hybridized carbons (Fsp3) is 0.214. The van der Waals surface area contributed by atoms with Crippen LogP contribution in [0.15, 0.2) is 60.8 Å². The van der Waals surface area contributed by atoms with Crippen LogP contribution in [0.25, 0.3) is 21.6 Å². The summed E-state index contributed by atoms with van der Waals surface area (Å²) in [5, 5.41) is 12.4. The zero-order valence-corrected chi connectivity index (χ0v) is 22.3. The van der Waals surface area contributed by atoms with Gasteiger partial charge in [-0.1, -0.05) is 18.2 Å². The van der Waals surface area contributed by atoms with Crippen LogP contribution in [-0.4, -0.2) is 49.9 Å². The highest BCUT2D eigenvalue weighted by Crippen LogP contribution is 2.45. The summed E-state index contributed by atoms with van der Waals surface area (Å²) in [4.78, 5) is 13.8. The monoisotopic (exact) mass is 535 g/mol. The molecule has 4 rings (SSSR count). The normalized spacial score (nSPS) is 11.5. The van der Waals surface area contributed by atoms with Gasteiger partial charge in [0, 0.05) is 17.3 Å². The van der Waals surface area contributed by atoms with Gasteiger partial charge >= 0.3 is 0 Å². The van der Waals surface area contributed by atoms with Gasteiger partial charge in [0.1, 0.15) is 11.5 Å². The Labute approximate surface area is 224 Å². The third kappa shape index (κ3) is 5.66. The van der Waals surface area contributed by atoms with Gasteiger partial charge in [0.2, 0.25) is 11.7 Å². The predicted octanol–water partition coefficient (Wildman–Crippen LogP) is 4.73. The molecule has 0 saturated carbocycles. The number of benzene rings is 3. The highest BCUT2D eigenvalue weighted by atomic mass is 32.1. The van der Waals surface area contributed by atoms with E-state index >= 15 is 0 Å². The average Bonchev–Trinajstić information content (AvgIpc) is 3.43. The van der Waals surface area contributed by atoms with Crippen LogP contribution in [0.5, 0.6) is 28.7 Å². The predicted molar refractivity (Wildman–Crippen MR) is 148 cm³/mol. The fourth-order valence-electron chi connectivity index (χ4n) is 4.04. The summed E-state index contributed by atoms with van der Waals surface area (Å²) in [7, 11) is 6.23. The molecule has 0 aliphatic heterocycles. The molecule has 4 N–H and O–H groups in total. The molecular formula is C28H29N3O6S. The molecule has 1 amide bonds. The van der Waals surface area contributed by atoms with Crippen LogP contribution in [0.4, 0.5) is 5.69 Å². The number of nitrogens with zero attached hydrogens (tertiary/aromatic N) is 1. The number of aromatic nitrogens is 1. The molecule has 0 saturated heterocycles. The topological polar surface area (TPSA) is 125 Å². The minimum atomic E-state index is -0.800. The highest BCUT2D eigenvalue weighted by molar-refractivity contribution is 7.10. The third-order valence-corrected chi connectivity index (χ3v) is 6.84. The molecule has 1 heterocycles. The SMILES string of the molecule is COc1ccc(-c2cnsc2-c2cc(OC)c(OC)c(OC)c2)cc1NC(=O)[C@H](N)Cc1ccc(O)cc1. The van der Waals surface area contributed by atoms with E-state index in [9.17, 15) is 9.90 Å². The number of amides is 1. The van der Waals surface area contributed by atoms with Crippen LogP contribution < -0.4 is 30.0 Å². The van der Waals surface area contributed by atoms with E-state index in [1.165, 1.54) is 18.6 Å². The van der Waals surface area contributed by atoms with Gasteiger partial charge in [0.15, 0.2) is 11.5 Å². The minimum absolute atomic E-state index is 0.155. The molecule has 4 aromatic rings. The van der Waals surface area contributed by atoms with Crippen molar-refractivity contribution in [2.24, 2.45) is 5.73 Å². The lowest BCUT2D eigenvalue weighted by Gasteiger charge is -2.16. The second-order valence-electron chi connectivity index (χ2n) is 8.36. The summed E-state index contributed by atoms with van der Waals surface area (Å²) in [5.41, 5.74) is 10.0. The molecular weight excluding hydrogens is 506 g/mol. The molecule has 198 valence electrons. The van der Waals surface area contributed by atoms with Gasteiger partial charge in [0.05, 0.1) is 45.0 Å². The number of hydrogen-bond acceptors (Lipinski definition) is 9. The molecule has 0 aliphatic rings. The Bertz CT molecular complexity index is 1400. The Balaban J connectivity index is 1.64. The smallest absolute Gasteiger partial charge is 0.241 e. The number of nitrogens with one attached hydrogen (secondary N) is 1. The first-order valence-corrected chi connectivity index (χ1v) is 12.4. The quantitative estimate of drug-likeness (QED) is 0.266. The molecule has 0 fully saturated rings. The van der Waals surface area contributed by atoms with E-state index in [1.807, 2.05) is 24.3 Å². The van der Waals surface area contributed by atoms with Gasteiger partial charge in [0.25, 0.3) is 0 Å². The average molecular weight is 536 g/mol. The van der Waals surface area contributed by atoms with Gasteiger partial charge in [-0.3, -0.25) is 4.79 Å². The van der Waals surface area contributed by atoms with Crippen molar-refractivity contribution in [3.63, 3.8) is 0 Å². The van der Waals surface area contributed by atoms with E-state index in [0.717, 1.165) is 27.1 Å². The fourth-order valence-corrected chi connectivity index (χ4v) is 4.80. The number of carbonyl (C=O) groups is 1. The van der Waals surface area contributed by atoms with E-state index in [4.69, 9.17) is 24.7 Å².